The zero-order chi connectivity index (χ0) is 32.7. The molecule has 1 aromatic rings. The van der Waals surface area contributed by atoms with Crippen molar-refractivity contribution in [2.45, 2.75) is 95.4 Å². The third-order valence-corrected chi connectivity index (χ3v) is 8.70. The van der Waals surface area contributed by atoms with E-state index in [9.17, 15) is 29.1 Å². The Morgan fingerprint density at radius 3 is 2.38 bits per heavy atom. The van der Waals surface area contributed by atoms with Crippen molar-refractivity contribution in [3.63, 3.8) is 0 Å². The van der Waals surface area contributed by atoms with Gasteiger partial charge >= 0.3 is 0 Å². The highest BCUT2D eigenvalue weighted by Gasteiger charge is 2.40. The molecule has 3 saturated heterocycles. The van der Waals surface area contributed by atoms with Gasteiger partial charge in [0, 0.05) is 26.7 Å². The Morgan fingerprint density at radius 1 is 0.978 bits per heavy atom. The minimum absolute atomic E-state index is 0.0252. The van der Waals surface area contributed by atoms with E-state index in [1.165, 1.54) is 16.8 Å². The van der Waals surface area contributed by atoms with Crippen LogP contribution in [-0.4, -0.2) is 120 Å². The fraction of sp³-hybridized carbons (Fsp3) is 0.656. The van der Waals surface area contributed by atoms with Crippen LogP contribution in [0.5, 0.6) is 0 Å². The minimum atomic E-state index is -1.20. The quantitative estimate of drug-likeness (QED) is 0.346. The number of fused-ring (bicyclic) bond motifs is 2. The monoisotopic (exact) mass is 629 g/mol. The van der Waals surface area contributed by atoms with Gasteiger partial charge in [-0.25, -0.2) is 0 Å². The SMILES string of the molecule is CC(C)C[C@H]1NC(=O)CN(C(=O)[C@H]2CCCO2)C[C@H]2OCC[C@H](NC(=O)[C@H](Cc3ccccc3)NC(=O)[C@H](C)N(C)C1=O)[C@@H]2O. The van der Waals surface area contributed by atoms with Gasteiger partial charge in [-0.3, -0.25) is 24.0 Å². The molecule has 248 valence electrons. The summed E-state index contributed by atoms with van der Waals surface area (Å²) in [4.78, 5) is 70.3. The fourth-order valence-electron chi connectivity index (χ4n) is 5.97. The van der Waals surface area contributed by atoms with Gasteiger partial charge < -0.3 is 40.3 Å². The zero-order valence-electron chi connectivity index (χ0n) is 26.6. The Hall–Kier alpha value is -3.55. The van der Waals surface area contributed by atoms with Crippen molar-refractivity contribution in [3.05, 3.63) is 35.9 Å². The number of aliphatic hydroxyl groups excluding tert-OH is 1. The third-order valence-electron chi connectivity index (χ3n) is 8.70. The molecule has 1 aromatic carbocycles. The predicted octanol–water partition coefficient (Wildman–Crippen LogP) is -0.252. The minimum Gasteiger partial charge on any atom is -0.388 e. The first-order valence-corrected chi connectivity index (χ1v) is 15.8. The number of ether oxygens (including phenoxy) is 2. The van der Waals surface area contributed by atoms with Crippen LogP contribution < -0.4 is 16.0 Å². The van der Waals surface area contributed by atoms with Crippen molar-refractivity contribution in [1.29, 1.82) is 0 Å². The van der Waals surface area contributed by atoms with Gasteiger partial charge in [0.05, 0.1) is 19.1 Å². The summed E-state index contributed by atoms with van der Waals surface area (Å²) in [5, 5.41) is 19.8. The van der Waals surface area contributed by atoms with E-state index in [1.54, 1.807) is 6.92 Å². The number of amides is 5. The summed E-state index contributed by atoms with van der Waals surface area (Å²) in [7, 11) is 1.48. The second-order valence-electron chi connectivity index (χ2n) is 12.6. The summed E-state index contributed by atoms with van der Waals surface area (Å²) in [6.45, 7) is 5.50. The normalized spacial score (nSPS) is 30.8. The summed E-state index contributed by atoms with van der Waals surface area (Å²) < 4.78 is 11.5. The molecule has 0 aliphatic carbocycles. The van der Waals surface area contributed by atoms with E-state index >= 15 is 0 Å². The highest BCUT2D eigenvalue weighted by molar-refractivity contribution is 5.95. The lowest BCUT2D eigenvalue weighted by molar-refractivity contribution is -0.152. The van der Waals surface area contributed by atoms with E-state index < -0.39 is 72.0 Å². The Labute approximate surface area is 264 Å². The maximum absolute atomic E-state index is 13.7. The van der Waals surface area contributed by atoms with Crippen LogP contribution in [0.25, 0.3) is 0 Å². The second-order valence-corrected chi connectivity index (χ2v) is 12.6. The molecule has 0 unspecified atom stereocenters. The van der Waals surface area contributed by atoms with E-state index in [2.05, 4.69) is 16.0 Å². The first kappa shape index (κ1) is 34.3. The van der Waals surface area contributed by atoms with Crippen LogP contribution in [0.4, 0.5) is 0 Å². The number of aliphatic hydroxyl groups is 1. The van der Waals surface area contributed by atoms with Crippen molar-refractivity contribution < 1.29 is 38.6 Å². The van der Waals surface area contributed by atoms with E-state index in [0.29, 0.717) is 32.3 Å². The fourth-order valence-corrected chi connectivity index (χ4v) is 5.97. The van der Waals surface area contributed by atoms with Gasteiger partial charge in [-0.1, -0.05) is 44.2 Å². The summed E-state index contributed by atoms with van der Waals surface area (Å²) in [5.74, 6) is -2.45. The first-order valence-electron chi connectivity index (χ1n) is 15.8. The number of nitrogens with zero attached hydrogens (tertiary/aromatic N) is 2. The molecule has 3 heterocycles. The topological polar surface area (TPSA) is 167 Å². The Kier molecular flexibility index (Phi) is 11.9. The standard InChI is InChI=1S/C32H47N5O8/c1-19(2)15-24-31(42)36(4)20(3)29(40)35-23(16-21-9-6-5-7-10-21)30(41)34-22-12-14-45-26(28(22)39)17-37(18-27(38)33-24)32(43)25-11-8-13-44-25/h5-7,9-10,19-20,22-26,28,39H,8,11-18H2,1-4H3,(H,33,38)(H,34,41)(H,35,40)/t20-,22-,23-,24+,25+,26+,28-/m0/s1. The van der Waals surface area contributed by atoms with Crippen LogP contribution in [0.2, 0.25) is 0 Å². The average Bonchev–Trinajstić information content (AvgIpc) is 3.55. The van der Waals surface area contributed by atoms with Crippen molar-refractivity contribution >= 4 is 29.5 Å². The highest BCUT2D eigenvalue weighted by Crippen LogP contribution is 2.20. The lowest BCUT2D eigenvalue weighted by atomic mass is 9.97. The molecule has 4 N–H and O–H groups in total. The lowest BCUT2D eigenvalue weighted by Gasteiger charge is -2.38. The number of carbonyl (C=O) groups excluding carboxylic acids is 5. The van der Waals surface area contributed by atoms with E-state index in [4.69, 9.17) is 9.47 Å². The molecule has 0 saturated carbocycles. The van der Waals surface area contributed by atoms with Crippen molar-refractivity contribution in [2.75, 3.05) is 33.4 Å². The van der Waals surface area contributed by atoms with Crippen molar-refractivity contribution in [1.82, 2.24) is 25.8 Å². The maximum atomic E-state index is 13.7. The van der Waals surface area contributed by atoms with Crippen LogP contribution in [0, 0.1) is 5.92 Å². The molecule has 3 aliphatic heterocycles. The van der Waals surface area contributed by atoms with Crippen molar-refractivity contribution in [2.24, 2.45) is 5.92 Å². The molecule has 0 spiro atoms. The first-order chi connectivity index (χ1) is 21.4. The molecule has 0 aromatic heterocycles. The third kappa shape index (κ3) is 9.01. The maximum Gasteiger partial charge on any atom is 0.252 e. The number of carbonyl (C=O) groups is 5. The highest BCUT2D eigenvalue weighted by atomic mass is 16.5. The number of rotatable bonds is 5. The van der Waals surface area contributed by atoms with Crippen LogP contribution in [-0.2, 0) is 39.9 Å². The molecule has 45 heavy (non-hydrogen) atoms. The van der Waals surface area contributed by atoms with Gasteiger partial charge in [-0.05, 0) is 44.1 Å². The molecule has 2 bridgehead atoms. The summed E-state index contributed by atoms with van der Waals surface area (Å²) in [6.07, 6.45) is -0.826. The summed E-state index contributed by atoms with van der Waals surface area (Å²) in [6, 6.07) is 5.55. The Morgan fingerprint density at radius 2 is 1.71 bits per heavy atom. The number of nitrogens with one attached hydrogen (secondary N) is 3. The number of hydrogen-bond donors (Lipinski definition) is 4. The molecule has 0 radical (unpaired) electrons. The summed E-state index contributed by atoms with van der Waals surface area (Å²) >= 11 is 0. The molecule has 5 amide bonds. The average molecular weight is 630 g/mol. The van der Waals surface area contributed by atoms with Gasteiger partial charge in [0.15, 0.2) is 0 Å². The van der Waals surface area contributed by atoms with Gasteiger partial charge in [0.1, 0.15) is 36.4 Å². The predicted molar refractivity (Wildman–Crippen MR) is 164 cm³/mol. The largest absolute Gasteiger partial charge is 0.388 e. The Bertz CT molecular complexity index is 1210. The molecule has 3 fully saturated rings. The second kappa shape index (κ2) is 15.6. The van der Waals surface area contributed by atoms with Crippen LogP contribution in [0.15, 0.2) is 30.3 Å². The zero-order valence-corrected chi connectivity index (χ0v) is 26.6. The number of likely N-dealkylation sites (N-methyl/N-ethyl adjacent to an activating group) is 1. The van der Waals surface area contributed by atoms with Gasteiger partial charge in [-0.2, -0.15) is 0 Å². The van der Waals surface area contributed by atoms with E-state index in [-0.39, 0.29) is 32.0 Å². The lowest BCUT2D eigenvalue weighted by Crippen LogP contribution is -2.60. The molecule has 13 nitrogen and oxygen atoms in total. The number of benzene rings is 1. The summed E-state index contributed by atoms with van der Waals surface area (Å²) in [5.41, 5.74) is 0.814. The van der Waals surface area contributed by atoms with Gasteiger partial charge in [0.2, 0.25) is 23.6 Å². The molecular formula is C32H47N5O8. The van der Waals surface area contributed by atoms with E-state index in [1.807, 2.05) is 44.2 Å². The Balaban J connectivity index is 1.67. The molecular weight excluding hydrogens is 582 g/mol. The van der Waals surface area contributed by atoms with Gasteiger partial charge in [-0.15, -0.1) is 0 Å². The smallest absolute Gasteiger partial charge is 0.252 e. The van der Waals surface area contributed by atoms with Crippen molar-refractivity contribution in [3.8, 4) is 0 Å². The molecule has 4 rings (SSSR count). The van der Waals surface area contributed by atoms with Gasteiger partial charge in [0.25, 0.3) is 5.91 Å². The van der Waals surface area contributed by atoms with E-state index in [0.717, 1.165) is 5.56 Å². The van der Waals surface area contributed by atoms with Crippen LogP contribution in [0.3, 0.4) is 0 Å². The molecule has 7 atom stereocenters. The molecule has 13 heteroatoms. The van der Waals surface area contributed by atoms with Crippen LogP contribution >= 0.6 is 0 Å². The van der Waals surface area contributed by atoms with Crippen LogP contribution in [0.1, 0.15) is 52.0 Å². The number of hydrogen-bond acceptors (Lipinski definition) is 8. The molecule has 3 aliphatic rings.